The summed E-state index contributed by atoms with van der Waals surface area (Å²) < 4.78 is 13.6. The van der Waals surface area contributed by atoms with E-state index in [-0.39, 0.29) is 17.2 Å². The second kappa shape index (κ2) is 8.53. The molecule has 1 atom stereocenters. The third-order valence-corrected chi connectivity index (χ3v) is 5.65. The Labute approximate surface area is 182 Å². The molecule has 31 heavy (non-hydrogen) atoms. The SMILES string of the molecule is CC(C)(C)c1ncc(-c2ccncc2)c(C2CCCN(C(=O)c3cccc(F)c3)C2)n1. The van der Waals surface area contributed by atoms with Gasteiger partial charge in [0.2, 0.25) is 0 Å². The Hall–Kier alpha value is -3.15. The van der Waals surface area contributed by atoms with E-state index in [0.29, 0.717) is 18.7 Å². The van der Waals surface area contributed by atoms with E-state index in [9.17, 15) is 9.18 Å². The Morgan fingerprint density at radius 2 is 1.94 bits per heavy atom. The zero-order valence-electron chi connectivity index (χ0n) is 18.2. The molecule has 0 N–H and O–H groups in total. The molecule has 5 nitrogen and oxygen atoms in total. The molecule has 2 aromatic heterocycles. The van der Waals surface area contributed by atoms with E-state index >= 15 is 0 Å². The predicted octanol–water partition coefficient (Wildman–Crippen LogP) is 5.00. The van der Waals surface area contributed by atoms with Gasteiger partial charge in [0.1, 0.15) is 11.6 Å². The number of carbonyl (C=O) groups is 1. The molecule has 0 saturated carbocycles. The van der Waals surface area contributed by atoms with Crippen LogP contribution in [-0.2, 0) is 5.41 Å². The number of halogens is 1. The van der Waals surface area contributed by atoms with E-state index < -0.39 is 5.82 Å². The average molecular weight is 419 g/mol. The second-order valence-electron chi connectivity index (χ2n) is 9.08. The predicted molar refractivity (Wildman–Crippen MR) is 118 cm³/mol. The van der Waals surface area contributed by atoms with Crippen molar-refractivity contribution in [3.8, 4) is 11.1 Å². The summed E-state index contributed by atoms with van der Waals surface area (Å²) >= 11 is 0. The first-order chi connectivity index (χ1) is 14.8. The van der Waals surface area contributed by atoms with E-state index in [1.165, 1.54) is 12.1 Å². The van der Waals surface area contributed by atoms with Gasteiger partial charge >= 0.3 is 0 Å². The number of piperidine rings is 1. The van der Waals surface area contributed by atoms with E-state index in [1.807, 2.05) is 23.2 Å². The van der Waals surface area contributed by atoms with Crippen LogP contribution in [0.3, 0.4) is 0 Å². The second-order valence-corrected chi connectivity index (χ2v) is 9.08. The molecule has 0 aliphatic carbocycles. The molecule has 1 fully saturated rings. The van der Waals surface area contributed by atoms with Gasteiger partial charge in [-0.1, -0.05) is 26.8 Å². The van der Waals surface area contributed by atoms with Crippen LogP contribution in [0.4, 0.5) is 4.39 Å². The number of rotatable bonds is 3. The summed E-state index contributed by atoms with van der Waals surface area (Å²) in [5, 5.41) is 0. The van der Waals surface area contributed by atoms with E-state index in [2.05, 4.69) is 30.7 Å². The Balaban J connectivity index is 1.69. The highest BCUT2D eigenvalue weighted by Crippen LogP contribution is 2.34. The fourth-order valence-electron chi connectivity index (χ4n) is 4.01. The quantitative estimate of drug-likeness (QED) is 0.601. The van der Waals surface area contributed by atoms with E-state index in [1.54, 1.807) is 24.5 Å². The molecule has 1 saturated heterocycles. The maximum Gasteiger partial charge on any atom is 0.253 e. The van der Waals surface area contributed by atoms with Crippen LogP contribution in [0.1, 0.15) is 61.4 Å². The highest BCUT2D eigenvalue weighted by atomic mass is 19.1. The highest BCUT2D eigenvalue weighted by Gasteiger charge is 2.30. The molecule has 3 aromatic rings. The summed E-state index contributed by atoms with van der Waals surface area (Å²) in [6, 6.07) is 9.81. The average Bonchev–Trinajstić information content (AvgIpc) is 2.78. The van der Waals surface area contributed by atoms with Crippen LogP contribution in [0, 0.1) is 5.82 Å². The van der Waals surface area contributed by atoms with Crippen LogP contribution in [0.2, 0.25) is 0 Å². The van der Waals surface area contributed by atoms with Crippen LogP contribution in [0.15, 0.2) is 55.0 Å². The Morgan fingerprint density at radius 1 is 1.16 bits per heavy atom. The molecule has 0 bridgehead atoms. The van der Waals surface area contributed by atoms with Crippen molar-refractivity contribution in [2.24, 2.45) is 0 Å². The van der Waals surface area contributed by atoms with Gasteiger partial charge in [-0.05, 0) is 48.7 Å². The number of hydrogen-bond acceptors (Lipinski definition) is 4. The number of benzene rings is 1. The summed E-state index contributed by atoms with van der Waals surface area (Å²) in [6.07, 6.45) is 7.22. The number of amides is 1. The van der Waals surface area contributed by atoms with Gasteiger partial charge in [-0.2, -0.15) is 0 Å². The summed E-state index contributed by atoms with van der Waals surface area (Å²) in [6.45, 7) is 7.50. The molecule has 6 heteroatoms. The fraction of sp³-hybridized carbons (Fsp3) is 0.360. The van der Waals surface area contributed by atoms with Gasteiger partial charge in [0.25, 0.3) is 5.91 Å². The molecule has 0 spiro atoms. The van der Waals surface area contributed by atoms with Crippen molar-refractivity contribution in [2.75, 3.05) is 13.1 Å². The summed E-state index contributed by atoms with van der Waals surface area (Å²) in [7, 11) is 0. The Bertz CT molecular complexity index is 1080. The molecular weight excluding hydrogens is 391 g/mol. The third kappa shape index (κ3) is 4.63. The lowest BCUT2D eigenvalue weighted by atomic mass is 9.88. The lowest BCUT2D eigenvalue weighted by Crippen LogP contribution is -2.39. The van der Waals surface area contributed by atoms with Crippen molar-refractivity contribution < 1.29 is 9.18 Å². The maximum absolute atomic E-state index is 13.6. The van der Waals surface area contributed by atoms with Gasteiger partial charge < -0.3 is 4.90 Å². The Morgan fingerprint density at radius 3 is 2.65 bits per heavy atom. The lowest BCUT2D eigenvalue weighted by molar-refractivity contribution is 0.0705. The topological polar surface area (TPSA) is 59.0 Å². The van der Waals surface area contributed by atoms with Gasteiger partial charge in [0.15, 0.2) is 0 Å². The first-order valence-corrected chi connectivity index (χ1v) is 10.7. The van der Waals surface area contributed by atoms with Gasteiger partial charge in [-0.3, -0.25) is 9.78 Å². The van der Waals surface area contributed by atoms with Crippen molar-refractivity contribution in [2.45, 2.75) is 44.9 Å². The number of hydrogen-bond donors (Lipinski definition) is 0. The van der Waals surface area contributed by atoms with E-state index in [0.717, 1.165) is 35.5 Å². The van der Waals surface area contributed by atoms with Crippen LogP contribution in [0.5, 0.6) is 0 Å². The molecular formula is C25H27FN4O. The molecule has 1 unspecified atom stereocenters. The minimum absolute atomic E-state index is 0.0820. The molecule has 0 radical (unpaired) electrons. The zero-order valence-corrected chi connectivity index (χ0v) is 18.2. The van der Waals surface area contributed by atoms with Gasteiger partial charge in [-0.25, -0.2) is 14.4 Å². The summed E-state index contributed by atoms with van der Waals surface area (Å²) in [4.78, 5) is 28.6. The lowest BCUT2D eigenvalue weighted by Gasteiger charge is -2.34. The largest absolute Gasteiger partial charge is 0.338 e. The number of aromatic nitrogens is 3. The molecule has 1 aromatic carbocycles. The number of carbonyl (C=O) groups excluding carboxylic acids is 1. The van der Waals surface area contributed by atoms with Crippen molar-refractivity contribution in [1.82, 2.24) is 19.9 Å². The molecule has 3 heterocycles. The van der Waals surface area contributed by atoms with Gasteiger partial charge in [0, 0.05) is 54.1 Å². The van der Waals surface area contributed by atoms with Gasteiger partial charge in [0.05, 0.1) is 5.69 Å². The number of nitrogens with zero attached hydrogens (tertiary/aromatic N) is 4. The highest BCUT2D eigenvalue weighted by molar-refractivity contribution is 5.94. The van der Waals surface area contributed by atoms with E-state index in [4.69, 9.17) is 4.98 Å². The first kappa shape index (κ1) is 21.1. The summed E-state index contributed by atoms with van der Waals surface area (Å²) in [5.74, 6) is 0.331. The minimum Gasteiger partial charge on any atom is -0.338 e. The van der Waals surface area contributed by atoms with Gasteiger partial charge in [-0.15, -0.1) is 0 Å². The molecule has 160 valence electrons. The standard InChI is InChI=1S/C25H27FN4O/c1-25(2,3)24-28-15-21(17-9-11-27-12-10-17)22(29-24)19-7-5-13-30(16-19)23(31)18-6-4-8-20(26)14-18/h4,6,8-12,14-15,19H,5,7,13,16H2,1-3H3. The van der Waals surface area contributed by atoms with Crippen LogP contribution in [-0.4, -0.2) is 38.8 Å². The molecule has 1 aliphatic rings. The normalized spacial score (nSPS) is 16.9. The van der Waals surface area contributed by atoms with Crippen molar-refractivity contribution in [1.29, 1.82) is 0 Å². The Kier molecular flexibility index (Phi) is 5.81. The fourth-order valence-corrected chi connectivity index (χ4v) is 4.01. The van der Waals surface area contributed by atoms with Crippen LogP contribution in [0.25, 0.3) is 11.1 Å². The number of pyridine rings is 1. The molecule has 1 amide bonds. The van der Waals surface area contributed by atoms with Crippen molar-refractivity contribution in [3.63, 3.8) is 0 Å². The smallest absolute Gasteiger partial charge is 0.253 e. The van der Waals surface area contributed by atoms with Crippen molar-refractivity contribution >= 4 is 5.91 Å². The monoisotopic (exact) mass is 418 g/mol. The minimum atomic E-state index is -0.398. The van der Waals surface area contributed by atoms with Crippen molar-refractivity contribution in [3.05, 3.63) is 77.9 Å². The third-order valence-electron chi connectivity index (χ3n) is 5.65. The summed E-state index contributed by atoms with van der Waals surface area (Å²) in [5.41, 5.74) is 3.15. The van der Waals surface area contributed by atoms with Crippen LogP contribution >= 0.6 is 0 Å². The van der Waals surface area contributed by atoms with Crippen LogP contribution < -0.4 is 0 Å². The molecule has 4 rings (SSSR count). The zero-order chi connectivity index (χ0) is 22.0. The molecule has 1 aliphatic heterocycles. The number of likely N-dealkylation sites (tertiary alicyclic amines) is 1. The maximum atomic E-state index is 13.6. The first-order valence-electron chi connectivity index (χ1n) is 10.7.